The van der Waals surface area contributed by atoms with Gasteiger partial charge in [0.2, 0.25) is 11.8 Å². The Balaban J connectivity index is 1.86. The Bertz CT molecular complexity index is 702. The van der Waals surface area contributed by atoms with Gasteiger partial charge in [0.15, 0.2) is 0 Å². The summed E-state index contributed by atoms with van der Waals surface area (Å²) >= 11 is 7.41. The van der Waals surface area contributed by atoms with Crippen molar-refractivity contribution in [2.45, 2.75) is 19.8 Å². The van der Waals surface area contributed by atoms with E-state index in [-0.39, 0.29) is 24.8 Å². The Labute approximate surface area is 144 Å². The van der Waals surface area contributed by atoms with Crippen LogP contribution in [0.4, 0.5) is 5.69 Å². The molecule has 0 bridgehead atoms. The molecule has 0 aliphatic carbocycles. The molecule has 0 aliphatic rings. The number of nitrogens with one attached hydrogen (secondary N) is 1. The Morgan fingerprint density at radius 1 is 1.39 bits per heavy atom. The van der Waals surface area contributed by atoms with Crippen molar-refractivity contribution in [3.8, 4) is 0 Å². The number of aryl methyl sites for hydroxylation is 1. The van der Waals surface area contributed by atoms with Gasteiger partial charge in [0.05, 0.1) is 23.7 Å². The molecule has 1 heterocycles. The highest BCUT2D eigenvalue weighted by atomic mass is 35.5. The molecule has 7 heteroatoms. The molecule has 23 heavy (non-hydrogen) atoms. The van der Waals surface area contributed by atoms with Crippen LogP contribution in [0.25, 0.3) is 0 Å². The molecular formula is C16H18ClN3O2S. The summed E-state index contributed by atoms with van der Waals surface area (Å²) in [4.78, 5) is 29.9. The lowest BCUT2D eigenvalue weighted by molar-refractivity contribution is -0.132. The first-order chi connectivity index (χ1) is 11.0. The van der Waals surface area contributed by atoms with E-state index in [2.05, 4.69) is 10.3 Å². The van der Waals surface area contributed by atoms with Crippen molar-refractivity contribution < 1.29 is 9.59 Å². The SMILES string of the molecule is CCc1nc(CC(=O)N(C)CC(=O)Nc2cccc(Cl)c2)cs1. The fourth-order valence-electron chi connectivity index (χ4n) is 1.95. The van der Waals surface area contributed by atoms with E-state index in [1.54, 1.807) is 42.6 Å². The van der Waals surface area contributed by atoms with E-state index in [0.717, 1.165) is 17.1 Å². The van der Waals surface area contributed by atoms with Crippen molar-refractivity contribution in [2.24, 2.45) is 0 Å². The van der Waals surface area contributed by atoms with Crippen LogP contribution in [0, 0.1) is 0 Å². The van der Waals surface area contributed by atoms with Crippen LogP contribution >= 0.6 is 22.9 Å². The maximum atomic E-state index is 12.1. The minimum atomic E-state index is -0.268. The largest absolute Gasteiger partial charge is 0.336 e. The van der Waals surface area contributed by atoms with Gasteiger partial charge < -0.3 is 10.2 Å². The lowest BCUT2D eigenvalue weighted by Crippen LogP contribution is -2.35. The minimum absolute atomic E-state index is 0.0177. The van der Waals surface area contributed by atoms with Gasteiger partial charge in [-0.05, 0) is 24.6 Å². The predicted octanol–water partition coefficient (Wildman–Crippen LogP) is 3.00. The van der Waals surface area contributed by atoms with Crippen molar-refractivity contribution >= 4 is 40.4 Å². The standard InChI is InChI=1S/C16H18ClN3O2S/c1-3-15-19-13(10-23-15)8-16(22)20(2)9-14(21)18-12-6-4-5-11(17)7-12/h4-7,10H,3,8-9H2,1-2H3,(H,18,21). The summed E-state index contributed by atoms with van der Waals surface area (Å²) in [6, 6.07) is 6.88. The number of hydrogen-bond acceptors (Lipinski definition) is 4. The van der Waals surface area contributed by atoms with Gasteiger partial charge in [0.25, 0.3) is 0 Å². The van der Waals surface area contributed by atoms with Crippen LogP contribution in [-0.4, -0.2) is 35.3 Å². The Hall–Kier alpha value is -1.92. The second kappa shape index (κ2) is 8.08. The van der Waals surface area contributed by atoms with E-state index < -0.39 is 0 Å². The zero-order valence-electron chi connectivity index (χ0n) is 13.0. The summed E-state index contributed by atoms with van der Waals surface area (Å²) in [7, 11) is 1.60. The molecule has 1 aromatic heterocycles. The van der Waals surface area contributed by atoms with Gasteiger partial charge in [-0.1, -0.05) is 24.6 Å². The highest BCUT2D eigenvalue weighted by molar-refractivity contribution is 7.09. The number of rotatable bonds is 6. The Morgan fingerprint density at radius 2 is 2.17 bits per heavy atom. The van der Waals surface area contributed by atoms with E-state index in [1.165, 1.54) is 4.90 Å². The van der Waals surface area contributed by atoms with Crippen molar-refractivity contribution in [1.29, 1.82) is 0 Å². The van der Waals surface area contributed by atoms with Crippen LogP contribution in [0.5, 0.6) is 0 Å². The summed E-state index contributed by atoms with van der Waals surface area (Å²) in [6.45, 7) is 2.01. The number of halogens is 1. The number of amides is 2. The van der Waals surface area contributed by atoms with Crippen molar-refractivity contribution in [2.75, 3.05) is 18.9 Å². The smallest absolute Gasteiger partial charge is 0.243 e. The van der Waals surface area contributed by atoms with E-state index in [4.69, 9.17) is 11.6 Å². The molecule has 1 aromatic carbocycles. The number of likely N-dealkylation sites (N-methyl/N-ethyl adjacent to an activating group) is 1. The molecule has 0 aliphatic heterocycles. The Morgan fingerprint density at radius 3 is 2.83 bits per heavy atom. The fraction of sp³-hybridized carbons (Fsp3) is 0.312. The Kier molecular flexibility index (Phi) is 6.12. The second-order valence-electron chi connectivity index (χ2n) is 5.07. The molecule has 0 radical (unpaired) electrons. The summed E-state index contributed by atoms with van der Waals surface area (Å²) < 4.78 is 0. The molecule has 5 nitrogen and oxygen atoms in total. The second-order valence-corrected chi connectivity index (χ2v) is 6.45. The normalized spacial score (nSPS) is 10.4. The molecule has 0 saturated carbocycles. The monoisotopic (exact) mass is 351 g/mol. The van der Waals surface area contributed by atoms with Crippen LogP contribution in [0.1, 0.15) is 17.6 Å². The third-order valence-corrected chi connectivity index (χ3v) is 4.43. The lowest BCUT2D eigenvalue weighted by Gasteiger charge is -2.16. The topological polar surface area (TPSA) is 62.3 Å². The molecule has 2 amide bonds. The number of aromatic nitrogens is 1. The molecule has 2 aromatic rings. The maximum Gasteiger partial charge on any atom is 0.243 e. The average Bonchev–Trinajstić information content (AvgIpc) is 2.94. The first-order valence-corrected chi connectivity index (χ1v) is 8.46. The summed E-state index contributed by atoms with van der Waals surface area (Å²) in [5.74, 6) is -0.408. The molecular weight excluding hydrogens is 334 g/mol. The van der Waals surface area contributed by atoms with E-state index in [0.29, 0.717) is 10.7 Å². The fourth-order valence-corrected chi connectivity index (χ4v) is 2.89. The van der Waals surface area contributed by atoms with Crippen LogP contribution in [0.3, 0.4) is 0 Å². The molecule has 122 valence electrons. The highest BCUT2D eigenvalue weighted by Gasteiger charge is 2.15. The van der Waals surface area contributed by atoms with Crippen LogP contribution in [0.15, 0.2) is 29.6 Å². The van der Waals surface area contributed by atoms with E-state index >= 15 is 0 Å². The summed E-state index contributed by atoms with van der Waals surface area (Å²) in [5, 5.41) is 6.15. The van der Waals surface area contributed by atoms with Gasteiger partial charge in [-0.15, -0.1) is 11.3 Å². The van der Waals surface area contributed by atoms with Gasteiger partial charge >= 0.3 is 0 Å². The quantitative estimate of drug-likeness (QED) is 0.870. The molecule has 0 saturated heterocycles. The number of nitrogens with zero attached hydrogens (tertiary/aromatic N) is 2. The molecule has 1 N–H and O–H groups in total. The van der Waals surface area contributed by atoms with Gasteiger partial charge in [0.1, 0.15) is 0 Å². The third kappa shape index (κ3) is 5.33. The number of carbonyl (C=O) groups excluding carboxylic acids is 2. The molecule has 0 atom stereocenters. The number of thiazole rings is 1. The predicted molar refractivity (Wildman–Crippen MR) is 92.9 cm³/mol. The summed E-state index contributed by atoms with van der Waals surface area (Å²) in [5.41, 5.74) is 1.36. The van der Waals surface area contributed by atoms with Crippen molar-refractivity contribution in [3.05, 3.63) is 45.4 Å². The average molecular weight is 352 g/mol. The van der Waals surface area contributed by atoms with Crippen LogP contribution in [-0.2, 0) is 22.4 Å². The number of anilines is 1. The van der Waals surface area contributed by atoms with E-state index in [1.807, 2.05) is 12.3 Å². The summed E-state index contributed by atoms with van der Waals surface area (Å²) in [6.07, 6.45) is 1.06. The van der Waals surface area contributed by atoms with Gasteiger partial charge in [-0.2, -0.15) is 0 Å². The molecule has 0 spiro atoms. The highest BCUT2D eigenvalue weighted by Crippen LogP contribution is 2.15. The number of carbonyl (C=O) groups is 2. The van der Waals surface area contributed by atoms with Gasteiger partial charge in [-0.25, -0.2) is 4.98 Å². The maximum absolute atomic E-state index is 12.1. The van der Waals surface area contributed by atoms with Gasteiger partial charge in [-0.3, -0.25) is 9.59 Å². The van der Waals surface area contributed by atoms with Crippen LogP contribution < -0.4 is 5.32 Å². The van der Waals surface area contributed by atoms with Crippen molar-refractivity contribution in [1.82, 2.24) is 9.88 Å². The van der Waals surface area contributed by atoms with Crippen LogP contribution in [0.2, 0.25) is 5.02 Å². The van der Waals surface area contributed by atoms with E-state index in [9.17, 15) is 9.59 Å². The zero-order chi connectivity index (χ0) is 16.8. The zero-order valence-corrected chi connectivity index (χ0v) is 14.6. The minimum Gasteiger partial charge on any atom is -0.336 e. The molecule has 2 rings (SSSR count). The number of hydrogen-bond donors (Lipinski definition) is 1. The van der Waals surface area contributed by atoms with Gasteiger partial charge in [0, 0.05) is 23.1 Å². The lowest BCUT2D eigenvalue weighted by atomic mass is 10.3. The third-order valence-electron chi connectivity index (χ3n) is 3.15. The molecule has 0 fully saturated rings. The number of benzene rings is 1. The first-order valence-electron chi connectivity index (χ1n) is 7.20. The van der Waals surface area contributed by atoms with Crippen molar-refractivity contribution in [3.63, 3.8) is 0 Å². The first kappa shape index (κ1) is 17.4. The molecule has 0 unspecified atom stereocenters.